The van der Waals surface area contributed by atoms with Crippen molar-refractivity contribution in [1.29, 1.82) is 0 Å². The number of carboxylic acid groups (broad SMARTS) is 1. The van der Waals surface area contributed by atoms with Gasteiger partial charge in [0.15, 0.2) is 5.78 Å². The van der Waals surface area contributed by atoms with Crippen LogP contribution in [0.15, 0.2) is 25.3 Å². The highest BCUT2D eigenvalue weighted by Gasteiger charge is 2.14. The van der Waals surface area contributed by atoms with E-state index in [-0.39, 0.29) is 24.8 Å². The lowest BCUT2D eigenvalue weighted by Crippen LogP contribution is -2.34. The number of carbonyl (C=O) groups is 2. The van der Waals surface area contributed by atoms with Gasteiger partial charge in [-0.25, -0.2) is 19.3 Å². The van der Waals surface area contributed by atoms with E-state index in [1.165, 1.54) is 34.7 Å². The van der Waals surface area contributed by atoms with E-state index in [4.69, 9.17) is 10.8 Å². The van der Waals surface area contributed by atoms with Crippen molar-refractivity contribution < 1.29 is 14.7 Å². The fourth-order valence-electron chi connectivity index (χ4n) is 1.33. The lowest BCUT2D eigenvalue weighted by atomic mass is 10.1. The van der Waals surface area contributed by atoms with Gasteiger partial charge in [-0.15, -0.1) is 0 Å². The third-order valence-electron chi connectivity index (χ3n) is 2.61. The predicted octanol–water partition coefficient (Wildman–Crippen LogP) is -0.807. The number of aromatic nitrogens is 6. The number of carbonyl (C=O) groups excluding carboxylic acids is 1. The molecule has 0 aliphatic rings. The Kier molecular flexibility index (Phi) is 6.83. The molecule has 3 N–H and O–H groups in total. The first kappa shape index (κ1) is 17.4. The van der Waals surface area contributed by atoms with Crippen LogP contribution >= 0.6 is 0 Å². The summed E-state index contributed by atoms with van der Waals surface area (Å²) in [4.78, 5) is 28.9. The first-order valence-electron chi connectivity index (χ1n) is 6.55. The van der Waals surface area contributed by atoms with E-state index in [2.05, 4.69) is 20.2 Å². The van der Waals surface area contributed by atoms with E-state index < -0.39 is 12.0 Å². The predicted molar refractivity (Wildman–Crippen MR) is 75.5 cm³/mol. The van der Waals surface area contributed by atoms with Crippen molar-refractivity contribution >= 4 is 11.8 Å². The van der Waals surface area contributed by atoms with Crippen LogP contribution in [0.5, 0.6) is 0 Å². The Balaban J connectivity index is 0.000000261. The molecule has 0 radical (unpaired) electrons. The largest absolute Gasteiger partial charge is 0.480 e. The van der Waals surface area contributed by atoms with Crippen LogP contribution in [0.1, 0.15) is 13.8 Å². The number of ketones is 1. The molecule has 0 unspecified atom stereocenters. The van der Waals surface area contributed by atoms with Gasteiger partial charge >= 0.3 is 5.97 Å². The maximum Gasteiger partial charge on any atom is 0.320 e. The van der Waals surface area contributed by atoms with Gasteiger partial charge in [-0.3, -0.25) is 9.59 Å². The van der Waals surface area contributed by atoms with Crippen LogP contribution < -0.4 is 5.73 Å². The van der Waals surface area contributed by atoms with Gasteiger partial charge in [0.25, 0.3) is 0 Å². The van der Waals surface area contributed by atoms with E-state index in [0.29, 0.717) is 0 Å². The van der Waals surface area contributed by atoms with Crippen molar-refractivity contribution in [3.8, 4) is 0 Å². The highest BCUT2D eigenvalue weighted by Crippen LogP contribution is 1.96. The molecule has 0 fully saturated rings. The molecular weight excluding hydrogens is 290 g/mol. The smallest absolute Gasteiger partial charge is 0.320 e. The summed E-state index contributed by atoms with van der Waals surface area (Å²) in [6, 6.07) is -0.713. The molecule has 0 aliphatic heterocycles. The molecule has 1 atom stereocenters. The number of Topliss-reactive ketones (excluding diaryl/α,β-unsaturated/α-hetero) is 1. The number of hydrogen-bond donors (Lipinski definition) is 2. The normalized spacial score (nSPS) is 11.6. The molecule has 2 rings (SSSR count). The third kappa shape index (κ3) is 6.22. The summed E-state index contributed by atoms with van der Waals surface area (Å²) in [5.74, 6) is -0.909. The lowest BCUT2D eigenvalue weighted by Gasteiger charge is -2.07. The molecule has 2 heterocycles. The number of hydrogen-bond acceptors (Lipinski definition) is 7. The Labute approximate surface area is 127 Å². The zero-order valence-corrected chi connectivity index (χ0v) is 12.4. The summed E-state index contributed by atoms with van der Waals surface area (Å²) >= 11 is 0. The van der Waals surface area contributed by atoms with Gasteiger partial charge < -0.3 is 10.8 Å². The number of nitrogens with zero attached hydrogens (tertiary/aromatic N) is 6. The molecule has 0 spiro atoms. The Morgan fingerprint density at radius 2 is 1.55 bits per heavy atom. The zero-order valence-electron chi connectivity index (χ0n) is 12.4. The molecule has 22 heavy (non-hydrogen) atoms. The number of nitrogens with two attached hydrogens (primary N) is 1. The van der Waals surface area contributed by atoms with Gasteiger partial charge in [0, 0.05) is 0 Å². The van der Waals surface area contributed by atoms with Crippen molar-refractivity contribution in [1.82, 2.24) is 29.5 Å². The van der Waals surface area contributed by atoms with Crippen LogP contribution in [0, 0.1) is 5.92 Å². The maximum absolute atomic E-state index is 11.4. The van der Waals surface area contributed by atoms with Gasteiger partial charge in [0.2, 0.25) is 0 Å². The fraction of sp³-hybridized carbons (Fsp3) is 0.500. The third-order valence-corrected chi connectivity index (χ3v) is 2.61. The highest BCUT2D eigenvalue weighted by atomic mass is 16.4. The van der Waals surface area contributed by atoms with Crippen LogP contribution in [0.4, 0.5) is 0 Å². The van der Waals surface area contributed by atoms with Gasteiger partial charge in [0.1, 0.15) is 44.4 Å². The first-order valence-corrected chi connectivity index (χ1v) is 6.55. The first-order chi connectivity index (χ1) is 10.4. The molecule has 0 saturated heterocycles. The van der Waals surface area contributed by atoms with Gasteiger partial charge in [-0.2, -0.15) is 10.2 Å². The molecular formula is C12H19N7O3. The monoisotopic (exact) mass is 309 g/mol. The second kappa shape index (κ2) is 8.62. The molecule has 10 heteroatoms. The van der Waals surface area contributed by atoms with Crippen LogP contribution in [0.25, 0.3) is 0 Å². The molecule has 0 saturated carbocycles. The second-order valence-corrected chi connectivity index (χ2v) is 4.83. The minimum Gasteiger partial charge on any atom is -0.480 e. The van der Waals surface area contributed by atoms with Crippen molar-refractivity contribution in [2.24, 2.45) is 11.7 Å². The van der Waals surface area contributed by atoms with E-state index in [9.17, 15) is 9.59 Å². The Morgan fingerprint density at radius 1 is 1.09 bits per heavy atom. The van der Waals surface area contributed by atoms with Crippen LogP contribution in [0.3, 0.4) is 0 Å². The van der Waals surface area contributed by atoms with Gasteiger partial charge in [-0.05, 0) is 5.92 Å². The van der Waals surface area contributed by atoms with E-state index in [1.807, 2.05) is 0 Å². The molecule has 0 aromatic carbocycles. The summed E-state index contributed by atoms with van der Waals surface area (Å²) in [6.45, 7) is 3.97. The summed E-state index contributed by atoms with van der Waals surface area (Å²) in [5, 5.41) is 15.9. The number of aliphatic carboxylic acids is 1. The molecule has 0 aliphatic carbocycles. The van der Waals surface area contributed by atoms with E-state index >= 15 is 0 Å². The van der Waals surface area contributed by atoms with Crippen LogP contribution in [0.2, 0.25) is 0 Å². The van der Waals surface area contributed by atoms with Crippen molar-refractivity contribution in [3.63, 3.8) is 0 Å². The van der Waals surface area contributed by atoms with Crippen LogP contribution in [-0.2, 0) is 22.7 Å². The minimum absolute atomic E-state index is 0.000926. The molecule has 2 aromatic rings. The van der Waals surface area contributed by atoms with Gasteiger partial charge in [-0.1, -0.05) is 13.8 Å². The molecule has 10 nitrogen and oxygen atoms in total. The van der Waals surface area contributed by atoms with E-state index in [0.717, 1.165) is 0 Å². The minimum atomic E-state index is -0.931. The second-order valence-electron chi connectivity index (χ2n) is 4.83. The van der Waals surface area contributed by atoms with Crippen molar-refractivity contribution in [2.45, 2.75) is 33.0 Å². The van der Waals surface area contributed by atoms with E-state index in [1.54, 1.807) is 13.8 Å². The molecule has 0 bridgehead atoms. The summed E-state index contributed by atoms with van der Waals surface area (Å²) < 4.78 is 2.94. The lowest BCUT2D eigenvalue weighted by molar-refractivity contribution is -0.139. The summed E-state index contributed by atoms with van der Waals surface area (Å²) in [5.41, 5.74) is 5.16. The summed E-state index contributed by atoms with van der Waals surface area (Å²) in [7, 11) is 0. The Bertz CT molecular complexity index is 527. The van der Waals surface area contributed by atoms with Gasteiger partial charge in [0.05, 0.1) is 0 Å². The SMILES string of the molecule is CC(C)[C@H](N)C(=O)O.O=C(Cn1cncn1)Cn1cncn1. The fourth-order valence-corrected chi connectivity index (χ4v) is 1.33. The molecule has 120 valence electrons. The maximum atomic E-state index is 11.4. The molecule has 2 aromatic heterocycles. The zero-order chi connectivity index (χ0) is 16.5. The quantitative estimate of drug-likeness (QED) is 0.705. The summed E-state index contributed by atoms with van der Waals surface area (Å²) in [6.07, 6.45) is 5.78. The number of rotatable bonds is 6. The average Bonchev–Trinajstić information content (AvgIpc) is 3.12. The highest BCUT2D eigenvalue weighted by molar-refractivity contribution is 5.77. The Morgan fingerprint density at radius 3 is 1.77 bits per heavy atom. The molecule has 0 amide bonds. The standard InChI is InChI=1S/C7H8N6O.C5H11NO2/c14-7(1-12-5-8-3-10-12)2-13-6-9-4-11-13;1-3(2)4(6)5(7)8/h3-6H,1-2H2;3-4H,6H2,1-2H3,(H,7,8)/t;4-/m.0/s1. The topological polar surface area (TPSA) is 142 Å². The Hall–Kier alpha value is -2.62. The average molecular weight is 309 g/mol. The van der Waals surface area contributed by atoms with Crippen molar-refractivity contribution in [3.05, 3.63) is 25.3 Å². The van der Waals surface area contributed by atoms with Crippen molar-refractivity contribution in [2.75, 3.05) is 0 Å². The number of carboxylic acids is 1. The van der Waals surface area contributed by atoms with Crippen LogP contribution in [-0.4, -0.2) is 52.4 Å².